The maximum atomic E-state index is 13.3. The fourth-order valence-electron chi connectivity index (χ4n) is 1.27. The monoisotopic (exact) mass is 357 g/mol. The van der Waals surface area contributed by atoms with E-state index in [0.717, 1.165) is 18.4 Å². The normalized spacial score (nSPS) is 11.6. The zero-order valence-electron chi connectivity index (χ0n) is 10.3. The van der Waals surface area contributed by atoms with Crippen LogP contribution in [0, 0.1) is 11.6 Å². The van der Waals surface area contributed by atoms with E-state index < -0.39 is 21.5 Å². The SMILES string of the molecule is CS(=O)(=O)CCNCCOc1c(F)cc(F)cc1Br. The lowest BCUT2D eigenvalue weighted by atomic mass is 10.3. The molecule has 0 amide bonds. The number of nitrogens with one attached hydrogen (secondary N) is 1. The van der Waals surface area contributed by atoms with E-state index in [1.165, 1.54) is 0 Å². The van der Waals surface area contributed by atoms with Crippen LogP contribution in [0.25, 0.3) is 0 Å². The van der Waals surface area contributed by atoms with Gasteiger partial charge in [-0.3, -0.25) is 0 Å². The smallest absolute Gasteiger partial charge is 0.169 e. The Bertz CT molecular complexity index is 514. The van der Waals surface area contributed by atoms with Crippen molar-refractivity contribution in [2.45, 2.75) is 0 Å². The van der Waals surface area contributed by atoms with Crippen molar-refractivity contribution < 1.29 is 21.9 Å². The summed E-state index contributed by atoms with van der Waals surface area (Å²) in [5, 5.41) is 2.85. The first-order valence-electron chi connectivity index (χ1n) is 5.45. The van der Waals surface area contributed by atoms with Crippen LogP contribution in [-0.2, 0) is 9.84 Å². The Balaban J connectivity index is 2.34. The van der Waals surface area contributed by atoms with Crippen molar-refractivity contribution in [2.75, 3.05) is 31.7 Å². The van der Waals surface area contributed by atoms with Gasteiger partial charge in [-0.25, -0.2) is 17.2 Å². The molecule has 108 valence electrons. The van der Waals surface area contributed by atoms with Gasteiger partial charge in [0.2, 0.25) is 0 Å². The second-order valence-corrected chi connectivity index (χ2v) is 7.04. The van der Waals surface area contributed by atoms with Crippen LogP contribution in [0.5, 0.6) is 5.75 Å². The van der Waals surface area contributed by atoms with E-state index in [-0.39, 0.29) is 22.6 Å². The molecule has 0 aliphatic rings. The number of hydrogen-bond acceptors (Lipinski definition) is 4. The number of ether oxygens (including phenoxy) is 1. The highest BCUT2D eigenvalue weighted by molar-refractivity contribution is 9.10. The van der Waals surface area contributed by atoms with Crippen LogP contribution in [0.1, 0.15) is 0 Å². The molecule has 0 atom stereocenters. The summed E-state index contributed by atoms with van der Waals surface area (Å²) in [6.45, 7) is 0.805. The molecule has 0 aliphatic heterocycles. The zero-order valence-corrected chi connectivity index (χ0v) is 12.7. The lowest BCUT2D eigenvalue weighted by Crippen LogP contribution is -2.26. The summed E-state index contributed by atoms with van der Waals surface area (Å²) < 4.78 is 53.2. The maximum absolute atomic E-state index is 13.3. The van der Waals surface area contributed by atoms with Gasteiger partial charge in [0.25, 0.3) is 0 Å². The minimum Gasteiger partial charge on any atom is -0.488 e. The van der Waals surface area contributed by atoms with Gasteiger partial charge in [0.05, 0.1) is 10.2 Å². The van der Waals surface area contributed by atoms with Crippen LogP contribution in [0.15, 0.2) is 16.6 Å². The molecule has 0 radical (unpaired) electrons. The summed E-state index contributed by atoms with van der Waals surface area (Å²) in [5.41, 5.74) is 0. The molecule has 8 heteroatoms. The standard InChI is InChI=1S/C11H14BrF2NO3S/c1-19(16,17)5-3-15-2-4-18-11-9(12)6-8(13)7-10(11)14/h6-7,15H,2-5H2,1H3. The second-order valence-electron chi connectivity index (χ2n) is 3.93. The van der Waals surface area contributed by atoms with Crippen molar-refractivity contribution in [2.24, 2.45) is 0 Å². The molecule has 0 aliphatic carbocycles. The van der Waals surface area contributed by atoms with Crippen LogP contribution in [0.3, 0.4) is 0 Å². The maximum Gasteiger partial charge on any atom is 0.169 e. The van der Waals surface area contributed by atoms with Gasteiger partial charge in [-0.2, -0.15) is 0 Å². The third-order valence-electron chi connectivity index (χ3n) is 2.14. The van der Waals surface area contributed by atoms with Gasteiger partial charge >= 0.3 is 0 Å². The molecule has 1 rings (SSSR count). The highest BCUT2D eigenvalue weighted by atomic mass is 79.9. The van der Waals surface area contributed by atoms with Crippen LogP contribution in [0.4, 0.5) is 8.78 Å². The van der Waals surface area contributed by atoms with E-state index in [0.29, 0.717) is 13.1 Å². The molecule has 0 heterocycles. The van der Waals surface area contributed by atoms with Crippen LogP contribution in [-0.4, -0.2) is 40.1 Å². The molecule has 0 aromatic heterocycles. The predicted octanol–water partition coefficient (Wildman–Crippen LogP) is 1.74. The molecule has 1 N–H and O–H groups in total. The number of sulfone groups is 1. The van der Waals surface area contributed by atoms with E-state index in [4.69, 9.17) is 4.74 Å². The fraction of sp³-hybridized carbons (Fsp3) is 0.455. The van der Waals surface area contributed by atoms with Crippen molar-refractivity contribution in [3.8, 4) is 5.75 Å². The molecule has 0 saturated carbocycles. The topological polar surface area (TPSA) is 55.4 Å². The molecule has 0 spiro atoms. The first kappa shape index (κ1) is 16.3. The van der Waals surface area contributed by atoms with Crippen LogP contribution < -0.4 is 10.1 Å². The molecule has 0 fully saturated rings. The fourth-order valence-corrected chi connectivity index (χ4v) is 2.31. The average Bonchev–Trinajstić information content (AvgIpc) is 2.24. The van der Waals surface area contributed by atoms with Gasteiger partial charge in [0, 0.05) is 25.4 Å². The number of hydrogen-bond donors (Lipinski definition) is 1. The predicted molar refractivity (Wildman–Crippen MR) is 72.1 cm³/mol. The van der Waals surface area contributed by atoms with Crippen molar-refractivity contribution >= 4 is 25.8 Å². The quantitative estimate of drug-likeness (QED) is 0.755. The highest BCUT2D eigenvalue weighted by Gasteiger charge is 2.10. The van der Waals surface area contributed by atoms with Gasteiger partial charge in [0.15, 0.2) is 11.6 Å². The third kappa shape index (κ3) is 6.31. The van der Waals surface area contributed by atoms with Gasteiger partial charge in [0.1, 0.15) is 22.3 Å². The van der Waals surface area contributed by atoms with Gasteiger partial charge < -0.3 is 10.1 Å². The molecular formula is C11H14BrF2NO3S. The number of rotatable bonds is 7. The molecule has 19 heavy (non-hydrogen) atoms. The van der Waals surface area contributed by atoms with E-state index in [1.54, 1.807) is 0 Å². The minimum absolute atomic E-state index is 0.0294. The molecular weight excluding hydrogens is 344 g/mol. The van der Waals surface area contributed by atoms with Gasteiger partial charge in [-0.1, -0.05) is 0 Å². The summed E-state index contributed by atoms with van der Waals surface area (Å²) in [4.78, 5) is 0. The number of halogens is 3. The van der Waals surface area contributed by atoms with Crippen LogP contribution in [0.2, 0.25) is 0 Å². The van der Waals surface area contributed by atoms with Gasteiger partial charge in [-0.15, -0.1) is 0 Å². The van der Waals surface area contributed by atoms with Crippen LogP contribution >= 0.6 is 15.9 Å². The van der Waals surface area contributed by atoms with E-state index in [1.807, 2.05) is 0 Å². The zero-order chi connectivity index (χ0) is 14.5. The van der Waals surface area contributed by atoms with Crippen molar-refractivity contribution in [1.82, 2.24) is 5.32 Å². The van der Waals surface area contributed by atoms with Crippen molar-refractivity contribution in [3.63, 3.8) is 0 Å². The van der Waals surface area contributed by atoms with Crippen molar-refractivity contribution in [1.29, 1.82) is 0 Å². The molecule has 0 bridgehead atoms. The second kappa shape index (κ2) is 7.16. The van der Waals surface area contributed by atoms with E-state index in [9.17, 15) is 17.2 Å². The minimum atomic E-state index is -2.99. The highest BCUT2D eigenvalue weighted by Crippen LogP contribution is 2.28. The number of benzene rings is 1. The van der Waals surface area contributed by atoms with Gasteiger partial charge in [-0.05, 0) is 22.0 Å². The lowest BCUT2D eigenvalue weighted by molar-refractivity contribution is 0.297. The Morgan fingerprint density at radius 3 is 2.58 bits per heavy atom. The summed E-state index contributed by atoms with van der Waals surface area (Å²) in [5.74, 6) is -1.51. The first-order chi connectivity index (χ1) is 8.79. The molecule has 0 saturated heterocycles. The largest absolute Gasteiger partial charge is 0.488 e. The summed E-state index contributed by atoms with van der Waals surface area (Å²) in [6, 6.07) is 1.84. The average molecular weight is 358 g/mol. The lowest BCUT2D eigenvalue weighted by Gasteiger charge is -2.10. The van der Waals surface area contributed by atoms with E-state index >= 15 is 0 Å². The third-order valence-corrected chi connectivity index (χ3v) is 3.67. The Kier molecular flexibility index (Phi) is 6.15. The first-order valence-corrected chi connectivity index (χ1v) is 8.31. The molecule has 4 nitrogen and oxygen atoms in total. The van der Waals surface area contributed by atoms with Crippen molar-refractivity contribution in [3.05, 3.63) is 28.2 Å². The summed E-state index contributed by atoms with van der Waals surface area (Å²) in [7, 11) is -2.99. The molecule has 1 aromatic rings. The Morgan fingerprint density at radius 2 is 2.00 bits per heavy atom. The molecule has 1 aromatic carbocycles. The van der Waals surface area contributed by atoms with E-state index in [2.05, 4.69) is 21.2 Å². The Morgan fingerprint density at radius 1 is 1.32 bits per heavy atom. The molecule has 0 unspecified atom stereocenters. The summed E-state index contributed by atoms with van der Waals surface area (Å²) >= 11 is 3.00. The Hall–Kier alpha value is -0.730. The Labute approximate surface area is 119 Å². The summed E-state index contributed by atoms with van der Waals surface area (Å²) in [6.07, 6.45) is 1.15.